The quantitative estimate of drug-likeness (QED) is 0.704. The maximum absolute atomic E-state index is 4.47. The van der Waals surface area contributed by atoms with Crippen LogP contribution in [-0.2, 0) is 0 Å². The fourth-order valence-electron chi connectivity index (χ4n) is 1.81. The second-order valence-electron chi connectivity index (χ2n) is 5.90. The Balaban J connectivity index is 2.43. The number of nitrogens with zero attached hydrogens (tertiary/aromatic N) is 1. The Morgan fingerprint density at radius 2 is 1.94 bits per heavy atom. The van der Waals surface area contributed by atoms with Gasteiger partial charge < -0.3 is 10.6 Å². The summed E-state index contributed by atoms with van der Waals surface area (Å²) in [5, 5.41) is 7.03. The first-order chi connectivity index (χ1) is 7.32. The van der Waals surface area contributed by atoms with Gasteiger partial charge >= 0.3 is 0 Å². The molecule has 0 atom stereocenters. The van der Waals surface area contributed by atoms with Crippen molar-refractivity contribution in [1.82, 2.24) is 4.98 Å². The summed E-state index contributed by atoms with van der Waals surface area (Å²) in [6, 6.07) is 2.15. The zero-order valence-corrected chi connectivity index (χ0v) is 10.8. The van der Waals surface area contributed by atoms with Gasteiger partial charge in [0, 0.05) is 23.7 Å². The molecule has 0 fully saturated rings. The van der Waals surface area contributed by atoms with Crippen LogP contribution in [0.5, 0.6) is 0 Å². The largest absolute Gasteiger partial charge is 0.381 e. The van der Waals surface area contributed by atoms with Gasteiger partial charge in [0.2, 0.25) is 0 Å². The minimum absolute atomic E-state index is 0.0213. The smallest absolute Gasteiger partial charge is 0.149 e. The fraction of sp³-hybridized carbons (Fsp3) is 0.615. The van der Waals surface area contributed by atoms with E-state index in [9.17, 15) is 0 Å². The maximum atomic E-state index is 4.47. The highest BCUT2D eigenvalue weighted by atomic mass is 15.1. The molecule has 2 heterocycles. The van der Waals surface area contributed by atoms with E-state index in [-0.39, 0.29) is 11.0 Å². The van der Waals surface area contributed by atoms with Gasteiger partial charge in [0.25, 0.3) is 0 Å². The average Bonchev–Trinajstić information content (AvgIpc) is 2.25. The third-order valence-electron chi connectivity index (χ3n) is 3.87. The number of fused-ring (bicyclic) bond motifs is 1. The molecule has 3 nitrogen and oxygen atoms in total. The molecule has 0 saturated carbocycles. The highest BCUT2D eigenvalue weighted by molar-refractivity contribution is 5.67. The summed E-state index contributed by atoms with van der Waals surface area (Å²) in [5.74, 6) is 0.959. The van der Waals surface area contributed by atoms with Crippen LogP contribution in [0.4, 0.5) is 11.5 Å². The summed E-state index contributed by atoms with van der Waals surface area (Å²) in [7, 11) is 0. The molecular weight excluding hydrogens is 198 g/mol. The molecule has 0 spiro atoms. The molecule has 0 aliphatic carbocycles. The van der Waals surface area contributed by atoms with Crippen LogP contribution in [0.1, 0.15) is 33.3 Å². The molecule has 0 aromatic carbocycles. The van der Waals surface area contributed by atoms with E-state index in [1.165, 1.54) is 5.56 Å². The number of aromatic nitrogens is 1. The number of hydrogen-bond donors (Lipinski definition) is 2. The molecule has 0 amide bonds. The van der Waals surface area contributed by atoms with E-state index in [1.54, 1.807) is 0 Å². The van der Waals surface area contributed by atoms with Crippen LogP contribution in [-0.4, -0.2) is 17.1 Å². The first-order valence-electron chi connectivity index (χ1n) is 5.80. The Morgan fingerprint density at radius 3 is 2.62 bits per heavy atom. The molecule has 16 heavy (non-hydrogen) atoms. The van der Waals surface area contributed by atoms with Gasteiger partial charge in [0.15, 0.2) is 0 Å². The van der Waals surface area contributed by atoms with Gasteiger partial charge in [-0.3, -0.25) is 0 Å². The highest BCUT2D eigenvalue weighted by Crippen LogP contribution is 2.38. The van der Waals surface area contributed by atoms with Crippen molar-refractivity contribution >= 4 is 11.5 Å². The van der Waals surface area contributed by atoms with Crippen LogP contribution in [0.15, 0.2) is 12.3 Å². The molecule has 1 aromatic rings. The maximum Gasteiger partial charge on any atom is 0.149 e. The van der Waals surface area contributed by atoms with Gasteiger partial charge in [-0.1, -0.05) is 13.8 Å². The van der Waals surface area contributed by atoms with Crippen molar-refractivity contribution in [3.8, 4) is 0 Å². The molecule has 1 aliphatic rings. The number of nitrogens with one attached hydrogen (secondary N) is 2. The van der Waals surface area contributed by atoms with E-state index in [0.29, 0.717) is 0 Å². The summed E-state index contributed by atoms with van der Waals surface area (Å²) in [5.41, 5.74) is 2.49. The van der Waals surface area contributed by atoms with Crippen molar-refractivity contribution < 1.29 is 0 Å². The molecule has 0 bridgehead atoms. The molecule has 0 unspecified atom stereocenters. The van der Waals surface area contributed by atoms with E-state index in [0.717, 1.165) is 18.1 Å². The van der Waals surface area contributed by atoms with Crippen LogP contribution in [0.3, 0.4) is 0 Å². The molecule has 0 radical (unpaired) electrons. The van der Waals surface area contributed by atoms with Crippen molar-refractivity contribution in [3.05, 3.63) is 17.8 Å². The molecule has 2 N–H and O–H groups in total. The molecule has 1 aliphatic heterocycles. The summed E-state index contributed by atoms with van der Waals surface area (Å²) < 4.78 is 0. The summed E-state index contributed by atoms with van der Waals surface area (Å²) in [6.07, 6.45) is 1.90. The Hall–Kier alpha value is -1.25. The number of aryl methyl sites for hydroxylation is 1. The van der Waals surface area contributed by atoms with E-state index < -0.39 is 0 Å². The van der Waals surface area contributed by atoms with Crippen LogP contribution >= 0.6 is 0 Å². The van der Waals surface area contributed by atoms with Crippen LogP contribution in [0.25, 0.3) is 0 Å². The van der Waals surface area contributed by atoms with Gasteiger partial charge in [-0.05, 0) is 32.4 Å². The number of rotatable bonds is 0. The normalized spacial score (nSPS) is 21.3. The molecule has 88 valence electrons. The number of anilines is 2. The second kappa shape index (κ2) is 3.37. The topological polar surface area (TPSA) is 37.0 Å². The van der Waals surface area contributed by atoms with E-state index in [1.807, 2.05) is 6.20 Å². The first-order valence-corrected chi connectivity index (χ1v) is 5.80. The standard InChI is InChI=1S/C13H21N3/c1-9-6-10-11(14-7-9)16-13(4,5)12(2,3)8-15-10/h6-7,15H,8H2,1-5H3,(H,14,16). The minimum atomic E-state index is 0.0213. The third kappa shape index (κ3) is 1.75. The van der Waals surface area contributed by atoms with Gasteiger partial charge in [0.05, 0.1) is 5.69 Å². The summed E-state index contributed by atoms with van der Waals surface area (Å²) in [6.45, 7) is 12.0. The molecular formula is C13H21N3. The van der Waals surface area contributed by atoms with Crippen molar-refractivity contribution in [2.45, 2.75) is 40.2 Å². The van der Waals surface area contributed by atoms with E-state index >= 15 is 0 Å². The lowest BCUT2D eigenvalue weighted by Gasteiger charge is -2.40. The van der Waals surface area contributed by atoms with Gasteiger partial charge in [0.1, 0.15) is 5.82 Å². The second-order valence-corrected chi connectivity index (χ2v) is 5.90. The Bertz CT molecular complexity index is 408. The van der Waals surface area contributed by atoms with Crippen LogP contribution in [0, 0.1) is 12.3 Å². The Morgan fingerprint density at radius 1 is 1.25 bits per heavy atom. The summed E-state index contributed by atoms with van der Waals surface area (Å²) in [4.78, 5) is 4.47. The lowest BCUT2D eigenvalue weighted by molar-refractivity contribution is 0.245. The lowest BCUT2D eigenvalue weighted by Crippen LogP contribution is -2.48. The predicted octanol–water partition coefficient (Wildman–Crippen LogP) is 3.03. The predicted molar refractivity (Wildman–Crippen MR) is 68.9 cm³/mol. The van der Waals surface area contributed by atoms with Crippen molar-refractivity contribution in [3.63, 3.8) is 0 Å². The lowest BCUT2D eigenvalue weighted by atomic mass is 9.75. The van der Waals surface area contributed by atoms with E-state index in [4.69, 9.17) is 0 Å². The van der Waals surface area contributed by atoms with Gasteiger partial charge in [-0.25, -0.2) is 4.98 Å². The zero-order chi connectivity index (χ0) is 12.0. The molecule has 1 aromatic heterocycles. The number of pyridine rings is 1. The average molecular weight is 219 g/mol. The number of hydrogen-bond acceptors (Lipinski definition) is 3. The van der Waals surface area contributed by atoms with E-state index in [2.05, 4.69) is 56.3 Å². The Labute approximate surface area is 97.7 Å². The van der Waals surface area contributed by atoms with Gasteiger partial charge in [-0.2, -0.15) is 0 Å². The molecule has 0 saturated heterocycles. The minimum Gasteiger partial charge on any atom is -0.381 e. The highest BCUT2D eigenvalue weighted by Gasteiger charge is 2.39. The van der Waals surface area contributed by atoms with Crippen LogP contribution < -0.4 is 10.6 Å². The fourth-order valence-corrected chi connectivity index (χ4v) is 1.81. The monoisotopic (exact) mass is 219 g/mol. The molecule has 3 heteroatoms. The SMILES string of the molecule is Cc1cnc2c(c1)NCC(C)(C)C(C)(C)N2. The van der Waals surface area contributed by atoms with Crippen molar-refractivity contribution in [2.24, 2.45) is 5.41 Å². The molecule has 2 rings (SSSR count). The van der Waals surface area contributed by atoms with Crippen LogP contribution in [0.2, 0.25) is 0 Å². The third-order valence-corrected chi connectivity index (χ3v) is 3.87. The zero-order valence-electron chi connectivity index (χ0n) is 10.8. The first kappa shape index (κ1) is 11.2. The van der Waals surface area contributed by atoms with Crippen molar-refractivity contribution in [2.75, 3.05) is 17.2 Å². The summed E-state index contributed by atoms with van der Waals surface area (Å²) >= 11 is 0. The Kier molecular flexibility index (Phi) is 2.37. The van der Waals surface area contributed by atoms with Gasteiger partial charge in [-0.15, -0.1) is 0 Å². The van der Waals surface area contributed by atoms with Crippen molar-refractivity contribution in [1.29, 1.82) is 0 Å².